The maximum Gasteiger partial charge on any atom is 0.191 e. The molecule has 0 radical (unpaired) electrons. The first-order chi connectivity index (χ1) is 10.8. The second-order valence-corrected chi connectivity index (χ2v) is 5.51. The molecule has 0 bridgehead atoms. The number of benzene rings is 1. The van der Waals surface area contributed by atoms with Gasteiger partial charge in [0.15, 0.2) is 5.96 Å². The number of anilines is 1. The van der Waals surface area contributed by atoms with Crippen molar-refractivity contribution in [3.05, 3.63) is 30.3 Å². The number of hydrogen-bond acceptors (Lipinski definition) is 3. The van der Waals surface area contributed by atoms with Crippen molar-refractivity contribution in [1.29, 1.82) is 0 Å². The highest BCUT2D eigenvalue weighted by atomic mass is 127. The van der Waals surface area contributed by atoms with Gasteiger partial charge in [0.05, 0.1) is 6.61 Å². The number of ether oxygens (including phenoxy) is 1. The fourth-order valence-corrected chi connectivity index (χ4v) is 2.72. The Hall–Kier alpha value is -1.02. The topological polar surface area (TPSA) is 48.9 Å². The van der Waals surface area contributed by atoms with Crippen LogP contribution < -0.4 is 15.5 Å². The van der Waals surface area contributed by atoms with Gasteiger partial charge in [-0.3, -0.25) is 4.99 Å². The maximum atomic E-state index is 5.32. The molecule has 130 valence electrons. The minimum absolute atomic E-state index is 0. The molecule has 1 fully saturated rings. The van der Waals surface area contributed by atoms with E-state index in [-0.39, 0.29) is 24.0 Å². The average molecular weight is 432 g/mol. The average Bonchev–Trinajstić information content (AvgIpc) is 3.04. The van der Waals surface area contributed by atoms with Crippen molar-refractivity contribution in [3.8, 4) is 0 Å². The van der Waals surface area contributed by atoms with Gasteiger partial charge in [0.2, 0.25) is 0 Å². The summed E-state index contributed by atoms with van der Waals surface area (Å²) in [6.45, 7) is 7.45. The summed E-state index contributed by atoms with van der Waals surface area (Å²) in [6, 6.07) is 10.6. The van der Waals surface area contributed by atoms with Crippen LogP contribution in [0.5, 0.6) is 0 Å². The summed E-state index contributed by atoms with van der Waals surface area (Å²) in [4.78, 5) is 6.71. The summed E-state index contributed by atoms with van der Waals surface area (Å²) in [6.07, 6.45) is 1.22. The van der Waals surface area contributed by atoms with Crippen LogP contribution in [0.15, 0.2) is 35.3 Å². The van der Waals surface area contributed by atoms with E-state index >= 15 is 0 Å². The van der Waals surface area contributed by atoms with Crippen molar-refractivity contribution in [3.63, 3.8) is 0 Å². The Morgan fingerprint density at radius 1 is 1.30 bits per heavy atom. The molecule has 5 nitrogen and oxygen atoms in total. The van der Waals surface area contributed by atoms with Crippen molar-refractivity contribution >= 4 is 35.6 Å². The van der Waals surface area contributed by atoms with Gasteiger partial charge >= 0.3 is 0 Å². The fourth-order valence-electron chi connectivity index (χ4n) is 2.72. The van der Waals surface area contributed by atoms with Gasteiger partial charge in [0, 0.05) is 45.5 Å². The van der Waals surface area contributed by atoms with Crippen LogP contribution in [0.4, 0.5) is 5.69 Å². The van der Waals surface area contributed by atoms with E-state index in [0.717, 1.165) is 38.7 Å². The van der Waals surface area contributed by atoms with E-state index in [2.05, 4.69) is 50.9 Å². The third-order valence-corrected chi connectivity index (χ3v) is 3.93. The Balaban J connectivity index is 0.00000264. The molecule has 1 aliphatic heterocycles. The molecule has 1 aromatic carbocycles. The van der Waals surface area contributed by atoms with Crippen LogP contribution >= 0.6 is 24.0 Å². The summed E-state index contributed by atoms with van der Waals surface area (Å²) < 4.78 is 5.32. The summed E-state index contributed by atoms with van der Waals surface area (Å²) in [5, 5.41) is 6.69. The predicted molar refractivity (Wildman–Crippen MR) is 108 cm³/mol. The second kappa shape index (κ2) is 11.5. The summed E-state index contributed by atoms with van der Waals surface area (Å²) in [5.41, 5.74) is 1.32. The molecule has 1 aliphatic rings. The van der Waals surface area contributed by atoms with E-state index in [4.69, 9.17) is 4.74 Å². The van der Waals surface area contributed by atoms with Crippen LogP contribution in [0.25, 0.3) is 0 Å². The number of hydrogen-bond donors (Lipinski definition) is 2. The predicted octanol–water partition coefficient (Wildman–Crippen LogP) is 2.33. The molecule has 23 heavy (non-hydrogen) atoms. The quantitative estimate of drug-likeness (QED) is 0.301. The number of aliphatic imine (C=N–C) groups is 1. The Labute approximate surface area is 156 Å². The lowest BCUT2D eigenvalue weighted by Crippen LogP contribution is -2.41. The molecule has 0 spiro atoms. The second-order valence-electron chi connectivity index (χ2n) is 5.51. The molecule has 1 aromatic rings. The number of rotatable bonds is 7. The largest absolute Gasteiger partial charge is 0.380 e. The first-order valence-electron chi connectivity index (χ1n) is 8.15. The van der Waals surface area contributed by atoms with Gasteiger partial charge in [-0.25, -0.2) is 0 Å². The number of halogens is 1. The van der Waals surface area contributed by atoms with Crippen LogP contribution in [0.3, 0.4) is 0 Å². The minimum atomic E-state index is 0. The van der Waals surface area contributed by atoms with Gasteiger partial charge in [-0.15, -0.1) is 24.0 Å². The molecular weight excluding hydrogens is 403 g/mol. The van der Waals surface area contributed by atoms with E-state index in [1.807, 2.05) is 6.92 Å². The first-order valence-corrected chi connectivity index (χ1v) is 8.15. The van der Waals surface area contributed by atoms with Crippen molar-refractivity contribution < 1.29 is 4.74 Å². The number of nitrogens with zero attached hydrogens (tertiary/aromatic N) is 2. The van der Waals surface area contributed by atoms with Crippen molar-refractivity contribution in [2.24, 2.45) is 10.9 Å². The van der Waals surface area contributed by atoms with E-state index in [9.17, 15) is 0 Å². The van der Waals surface area contributed by atoms with Crippen LogP contribution in [0.2, 0.25) is 0 Å². The normalized spacial score (nSPS) is 17.7. The SMILES string of the molecule is CCOCCNC(=NC)NCC1CCN(c2ccccc2)C1.I. The smallest absolute Gasteiger partial charge is 0.191 e. The number of nitrogens with one attached hydrogen (secondary N) is 2. The van der Waals surface area contributed by atoms with Crippen molar-refractivity contribution in [2.75, 3.05) is 51.3 Å². The number of guanidine groups is 1. The molecule has 1 atom stereocenters. The lowest BCUT2D eigenvalue weighted by molar-refractivity contribution is 0.152. The van der Waals surface area contributed by atoms with E-state index in [0.29, 0.717) is 12.5 Å². The van der Waals surface area contributed by atoms with Gasteiger partial charge in [-0.2, -0.15) is 0 Å². The Morgan fingerprint density at radius 3 is 2.78 bits per heavy atom. The molecule has 1 heterocycles. The fraction of sp³-hybridized carbons (Fsp3) is 0.588. The van der Waals surface area contributed by atoms with Crippen LogP contribution in [0, 0.1) is 5.92 Å². The Morgan fingerprint density at radius 2 is 2.09 bits per heavy atom. The zero-order chi connectivity index (χ0) is 15.6. The third kappa shape index (κ3) is 6.95. The summed E-state index contributed by atoms with van der Waals surface area (Å²) >= 11 is 0. The lowest BCUT2D eigenvalue weighted by Gasteiger charge is -2.19. The highest BCUT2D eigenvalue weighted by molar-refractivity contribution is 14.0. The van der Waals surface area contributed by atoms with E-state index in [1.54, 1.807) is 7.05 Å². The monoisotopic (exact) mass is 432 g/mol. The Bertz CT molecular complexity index is 455. The van der Waals surface area contributed by atoms with Gasteiger partial charge in [-0.1, -0.05) is 18.2 Å². The molecule has 2 N–H and O–H groups in total. The standard InChI is InChI=1S/C17H28N4O.HI/c1-3-22-12-10-19-17(18-2)20-13-15-9-11-21(14-15)16-7-5-4-6-8-16;/h4-8,15H,3,9-14H2,1-2H3,(H2,18,19,20);1H. The van der Waals surface area contributed by atoms with Gasteiger partial charge in [-0.05, 0) is 31.4 Å². The maximum absolute atomic E-state index is 5.32. The van der Waals surface area contributed by atoms with Gasteiger partial charge in [0.25, 0.3) is 0 Å². The molecule has 2 rings (SSSR count). The van der Waals surface area contributed by atoms with Crippen molar-refractivity contribution in [1.82, 2.24) is 10.6 Å². The van der Waals surface area contributed by atoms with Crippen LogP contribution in [0.1, 0.15) is 13.3 Å². The zero-order valence-electron chi connectivity index (χ0n) is 14.1. The first kappa shape index (κ1) is 20.0. The molecule has 6 heteroatoms. The molecule has 0 aliphatic carbocycles. The minimum Gasteiger partial charge on any atom is -0.380 e. The molecule has 0 aromatic heterocycles. The van der Waals surface area contributed by atoms with E-state index in [1.165, 1.54) is 12.1 Å². The summed E-state index contributed by atoms with van der Waals surface area (Å²) in [7, 11) is 1.81. The summed E-state index contributed by atoms with van der Waals surface area (Å²) in [5.74, 6) is 1.52. The molecule has 0 amide bonds. The lowest BCUT2D eigenvalue weighted by atomic mass is 10.1. The van der Waals surface area contributed by atoms with Gasteiger partial charge in [0.1, 0.15) is 0 Å². The van der Waals surface area contributed by atoms with Crippen LogP contribution in [-0.4, -0.2) is 52.4 Å². The van der Waals surface area contributed by atoms with E-state index < -0.39 is 0 Å². The molecule has 1 unspecified atom stereocenters. The highest BCUT2D eigenvalue weighted by Crippen LogP contribution is 2.22. The highest BCUT2D eigenvalue weighted by Gasteiger charge is 2.22. The zero-order valence-corrected chi connectivity index (χ0v) is 16.5. The Kier molecular flexibility index (Phi) is 10.0. The van der Waals surface area contributed by atoms with Crippen molar-refractivity contribution in [2.45, 2.75) is 13.3 Å². The molecule has 0 saturated carbocycles. The van der Waals surface area contributed by atoms with Gasteiger partial charge < -0.3 is 20.3 Å². The van der Waals surface area contributed by atoms with Crippen LogP contribution in [-0.2, 0) is 4.74 Å². The molecular formula is C17H29IN4O. The third-order valence-electron chi connectivity index (χ3n) is 3.93. The number of para-hydroxylation sites is 1. The molecule has 1 saturated heterocycles.